The number of piperazine rings is 1. The van der Waals surface area contributed by atoms with E-state index in [9.17, 15) is 4.79 Å². The minimum Gasteiger partial charge on any atom is -0.368 e. The molecular weight excluding hydrogens is 212 g/mol. The first-order chi connectivity index (χ1) is 8.13. The standard InChI is InChI=1S/C14H20N2O/c1-11-8-16(9-12(2)15(11)3)14-7-5-4-6-13(14)10-17/h4-7,10-12H,8-9H2,1-3H3/t11-,12-/m1/s1. The number of aldehydes is 1. The molecule has 17 heavy (non-hydrogen) atoms. The van der Waals surface area contributed by atoms with Crippen molar-refractivity contribution in [3.8, 4) is 0 Å². The molecule has 2 rings (SSSR count). The van der Waals surface area contributed by atoms with Crippen LogP contribution in [0.2, 0.25) is 0 Å². The Morgan fingerprint density at radius 3 is 2.35 bits per heavy atom. The van der Waals surface area contributed by atoms with Crippen molar-refractivity contribution in [1.29, 1.82) is 0 Å². The lowest BCUT2D eigenvalue weighted by Crippen LogP contribution is -2.55. The summed E-state index contributed by atoms with van der Waals surface area (Å²) in [5, 5.41) is 0. The topological polar surface area (TPSA) is 23.6 Å². The number of likely N-dealkylation sites (N-methyl/N-ethyl adjacent to an activating group) is 1. The molecule has 0 saturated carbocycles. The molecule has 1 heterocycles. The zero-order valence-electron chi connectivity index (χ0n) is 10.8. The van der Waals surface area contributed by atoms with E-state index in [1.165, 1.54) is 0 Å². The molecule has 0 radical (unpaired) electrons. The van der Waals surface area contributed by atoms with E-state index >= 15 is 0 Å². The van der Waals surface area contributed by atoms with Gasteiger partial charge in [0.25, 0.3) is 0 Å². The van der Waals surface area contributed by atoms with Crippen LogP contribution in [0.5, 0.6) is 0 Å². The first-order valence-corrected chi connectivity index (χ1v) is 6.14. The maximum atomic E-state index is 11.1. The van der Waals surface area contributed by atoms with Crippen molar-refractivity contribution in [2.45, 2.75) is 25.9 Å². The average Bonchev–Trinajstić information content (AvgIpc) is 2.35. The number of anilines is 1. The quantitative estimate of drug-likeness (QED) is 0.729. The number of carbonyl (C=O) groups is 1. The molecule has 1 aliphatic heterocycles. The van der Waals surface area contributed by atoms with Gasteiger partial charge in [0.2, 0.25) is 0 Å². The van der Waals surface area contributed by atoms with Gasteiger partial charge in [0.15, 0.2) is 6.29 Å². The fourth-order valence-corrected chi connectivity index (χ4v) is 2.48. The van der Waals surface area contributed by atoms with Gasteiger partial charge in [0, 0.05) is 36.4 Å². The Kier molecular flexibility index (Phi) is 3.48. The van der Waals surface area contributed by atoms with Gasteiger partial charge in [-0.3, -0.25) is 9.69 Å². The number of benzene rings is 1. The number of rotatable bonds is 2. The largest absolute Gasteiger partial charge is 0.368 e. The molecule has 0 aromatic heterocycles. The summed E-state index contributed by atoms with van der Waals surface area (Å²) in [4.78, 5) is 15.8. The summed E-state index contributed by atoms with van der Waals surface area (Å²) in [6, 6.07) is 8.85. The third-order valence-corrected chi connectivity index (χ3v) is 3.76. The van der Waals surface area contributed by atoms with E-state index in [1.54, 1.807) is 0 Å². The van der Waals surface area contributed by atoms with Crippen LogP contribution in [0.15, 0.2) is 24.3 Å². The first kappa shape index (κ1) is 12.1. The lowest BCUT2D eigenvalue weighted by Gasteiger charge is -2.43. The van der Waals surface area contributed by atoms with E-state index in [-0.39, 0.29) is 0 Å². The highest BCUT2D eigenvalue weighted by molar-refractivity contribution is 5.84. The summed E-state index contributed by atoms with van der Waals surface area (Å²) in [7, 11) is 2.16. The highest BCUT2D eigenvalue weighted by Gasteiger charge is 2.27. The third-order valence-electron chi connectivity index (χ3n) is 3.76. The van der Waals surface area contributed by atoms with Crippen molar-refractivity contribution < 1.29 is 4.79 Å². The zero-order valence-corrected chi connectivity index (χ0v) is 10.8. The molecule has 92 valence electrons. The Balaban J connectivity index is 2.25. The Labute approximate surface area is 103 Å². The highest BCUT2D eigenvalue weighted by atomic mass is 16.1. The molecule has 0 bridgehead atoms. The van der Waals surface area contributed by atoms with Gasteiger partial charge in [-0.25, -0.2) is 0 Å². The third kappa shape index (κ3) is 2.34. The normalized spacial score (nSPS) is 25.9. The van der Waals surface area contributed by atoms with Gasteiger partial charge in [0.05, 0.1) is 0 Å². The van der Waals surface area contributed by atoms with Crippen molar-refractivity contribution in [1.82, 2.24) is 4.90 Å². The predicted octanol–water partition coefficient (Wildman–Crippen LogP) is 2.03. The van der Waals surface area contributed by atoms with Gasteiger partial charge < -0.3 is 4.90 Å². The van der Waals surface area contributed by atoms with Crippen molar-refractivity contribution in [2.24, 2.45) is 0 Å². The summed E-state index contributed by atoms with van der Waals surface area (Å²) >= 11 is 0. The molecule has 0 aliphatic carbocycles. The second kappa shape index (κ2) is 4.88. The van der Waals surface area contributed by atoms with Gasteiger partial charge >= 0.3 is 0 Å². The second-order valence-electron chi connectivity index (χ2n) is 4.95. The zero-order chi connectivity index (χ0) is 12.4. The highest BCUT2D eigenvalue weighted by Crippen LogP contribution is 2.23. The van der Waals surface area contributed by atoms with E-state index in [0.29, 0.717) is 12.1 Å². The van der Waals surface area contributed by atoms with Crippen LogP contribution in [0.25, 0.3) is 0 Å². The van der Waals surface area contributed by atoms with Crippen LogP contribution in [-0.2, 0) is 0 Å². The van der Waals surface area contributed by atoms with Crippen LogP contribution in [-0.4, -0.2) is 43.4 Å². The Bertz CT molecular complexity index is 393. The number of hydrogen-bond donors (Lipinski definition) is 0. The lowest BCUT2D eigenvalue weighted by molar-refractivity contribution is 0.112. The molecule has 1 fully saturated rings. The van der Waals surface area contributed by atoms with Crippen LogP contribution >= 0.6 is 0 Å². The Hall–Kier alpha value is -1.35. The van der Waals surface area contributed by atoms with Crippen LogP contribution in [0.3, 0.4) is 0 Å². The molecule has 3 nitrogen and oxygen atoms in total. The summed E-state index contributed by atoms with van der Waals surface area (Å²) in [6.45, 7) is 6.41. The SMILES string of the molecule is C[C@@H]1CN(c2ccccc2C=O)C[C@@H](C)N1C. The summed E-state index contributed by atoms with van der Waals surface area (Å²) in [5.41, 5.74) is 1.85. The van der Waals surface area contributed by atoms with Crippen molar-refractivity contribution in [3.05, 3.63) is 29.8 Å². The molecule has 0 spiro atoms. The number of para-hydroxylation sites is 1. The van der Waals surface area contributed by atoms with Crippen LogP contribution in [0.4, 0.5) is 5.69 Å². The molecule has 0 unspecified atom stereocenters. The molecule has 1 aliphatic rings. The maximum Gasteiger partial charge on any atom is 0.152 e. The molecule has 2 atom stereocenters. The van der Waals surface area contributed by atoms with Crippen molar-refractivity contribution >= 4 is 12.0 Å². The van der Waals surface area contributed by atoms with Gasteiger partial charge in [-0.15, -0.1) is 0 Å². The molecule has 3 heteroatoms. The van der Waals surface area contributed by atoms with E-state index in [4.69, 9.17) is 0 Å². The van der Waals surface area contributed by atoms with E-state index in [2.05, 4.69) is 30.7 Å². The van der Waals surface area contributed by atoms with Crippen molar-refractivity contribution in [3.63, 3.8) is 0 Å². The fourth-order valence-electron chi connectivity index (χ4n) is 2.48. The Morgan fingerprint density at radius 2 is 1.76 bits per heavy atom. The monoisotopic (exact) mass is 232 g/mol. The average molecular weight is 232 g/mol. The summed E-state index contributed by atoms with van der Waals surface area (Å²) < 4.78 is 0. The van der Waals surface area contributed by atoms with Crippen molar-refractivity contribution in [2.75, 3.05) is 25.0 Å². The van der Waals surface area contributed by atoms with Crippen LogP contribution in [0, 0.1) is 0 Å². The first-order valence-electron chi connectivity index (χ1n) is 6.14. The number of nitrogens with zero attached hydrogens (tertiary/aromatic N) is 2. The predicted molar refractivity (Wildman–Crippen MR) is 70.7 cm³/mol. The fraction of sp³-hybridized carbons (Fsp3) is 0.500. The maximum absolute atomic E-state index is 11.1. The molecule has 1 saturated heterocycles. The molecular formula is C14H20N2O. The molecule has 1 aromatic rings. The van der Waals surface area contributed by atoms with Crippen LogP contribution < -0.4 is 4.90 Å². The summed E-state index contributed by atoms with van der Waals surface area (Å²) in [6.07, 6.45) is 0.947. The van der Waals surface area contributed by atoms with E-state index < -0.39 is 0 Å². The van der Waals surface area contributed by atoms with Crippen LogP contribution in [0.1, 0.15) is 24.2 Å². The van der Waals surface area contributed by atoms with Gasteiger partial charge in [-0.1, -0.05) is 12.1 Å². The van der Waals surface area contributed by atoms with E-state index in [0.717, 1.165) is 30.6 Å². The molecule has 1 aromatic carbocycles. The minimum absolute atomic E-state index is 0.512. The van der Waals surface area contributed by atoms with E-state index in [1.807, 2.05) is 24.3 Å². The summed E-state index contributed by atoms with van der Waals surface area (Å²) in [5.74, 6) is 0. The smallest absolute Gasteiger partial charge is 0.152 e. The van der Waals surface area contributed by atoms with Gasteiger partial charge in [-0.05, 0) is 33.0 Å². The molecule has 0 N–H and O–H groups in total. The second-order valence-corrected chi connectivity index (χ2v) is 4.95. The van der Waals surface area contributed by atoms with Gasteiger partial charge in [-0.2, -0.15) is 0 Å². The van der Waals surface area contributed by atoms with Gasteiger partial charge in [0.1, 0.15) is 0 Å². The Morgan fingerprint density at radius 1 is 1.18 bits per heavy atom. The lowest BCUT2D eigenvalue weighted by atomic mass is 10.1. The molecule has 0 amide bonds. The number of hydrogen-bond acceptors (Lipinski definition) is 3. The minimum atomic E-state index is 0.512. The number of carbonyl (C=O) groups excluding carboxylic acids is 1.